The van der Waals surface area contributed by atoms with Crippen LogP contribution in [0, 0.1) is 5.82 Å². The molecule has 0 atom stereocenters. The van der Waals surface area contributed by atoms with Crippen molar-refractivity contribution < 1.29 is 14.0 Å². The Morgan fingerprint density at radius 1 is 1.18 bits per heavy atom. The number of halogens is 2. The van der Waals surface area contributed by atoms with Gasteiger partial charge in [0.1, 0.15) is 11.5 Å². The molecule has 7 heteroatoms. The molecule has 3 rings (SSSR count). The average molecular weight is 337 g/mol. The number of thiophene rings is 1. The second kappa shape index (κ2) is 5.90. The molecule has 3 amide bonds. The molecule has 1 fully saturated rings. The minimum Gasteiger partial charge on any atom is -0.303 e. The van der Waals surface area contributed by atoms with Gasteiger partial charge in [-0.05, 0) is 35.9 Å². The number of imide groups is 1. The van der Waals surface area contributed by atoms with Crippen LogP contribution in [0.4, 0.5) is 9.18 Å². The van der Waals surface area contributed by atoms with E-state index in [1.165, 1.54) is 35.6 Å². The fourth-order valence-electron chi connectivity index (χ4n) is 2.04. The number of carbonyl (C=O) groups is 2. The van der Waals surface area contributed by atoms with Crippen LogP contribution in [0.15, 0.2) is 42.1 Å². The number of nitrogens with zero attached hydrogens (tertiary/aromatic N) is 1. The molecule has 0 unspecified atom stereocenters. The number of nitrogens with one attached hydrogen (secondary N) is 1. The minimum absolute atomic E-state index is 0.0908. The Bertz CT molecular complexity index is 770. The summed E-state index contributed by atoms with van der Waals surface area (Å²) in [5.74, 6) is -0.782. The predicted octanol–water partition coefficient (Wildman–Crippen LogP) is 3.63. The molecule has 22 heavy (non-hydrogen) atoms. The summed E-state index contributed by atoms with van der Waals surface area (Å²) >= 11 is 7.15. The lowest BCUT2D eigenvalue weighted by Gasteiger charge is -2.11. The maximum atomic E-state index is 12.9. The average Bonchev–Trinajstić information content (AvgIpc) is 3.00. The van der Waals surface area contributed by atoms with Gasteiger partial charge in [-0.2, -0.15) is 0 Å². The highest BCUT2D eigenvalue weighted by Gasteiger charge is 2.33. The molecule has 1 N–H and O–H groups in total. The number of amides is 3. The summed E-state index contributed by atoms with van der Waals surface area (Å²) in [6.07, 6.45) is 1.58. The van der Waals surface area contributed by atoms with Crippen LogP contribution < -0.4 is 5.32 Å². The SMILES string of the molecule is O=C1NC(=Cc2ccc(Cl)s2)C(=O)N1Cc1ccc(F)cc1. The number of carbonyl (C=O) groups excluding carboxylic acids is 2. The van der Waals surface area contributed by atoms with Gasteiger partial charge in [-0.1, -0.05) is 23.7 Å². The van der Waals surface area contributed by atoms with Gasteiger partial charge < -0.3 is 5.32 Å². The number of hydrogen-bond acceptors (Lipinski definition) is 3. The standard InChI is InChI=1S/C15H10ClFN2O2S/c16-13-6-5-11(22-13)7-12-14(20)19(15(21)18-12)8-9-1-3-10(17)4-2-9/h1-7H,8H2,(H,18,21). The summed E-state index contributed by atoms with van der Waals surface area (Å²) in [6.45, 7) is 0.0908. The van der Waals surface area contributed by atoms with Crippen LogP contribution in [0.1, 0.15) is 10.4 Å². The van der Waals surface area contributed by atoms with Gasteiger partial charge in [0, 0.05) is 4.88 Å². The topological polar surface area (TPSA) is 49.4 Å². The van der Waals surface area contributed by atoms with Crippen LogP contribution in [-0.4, -0.2) is 16.8 Å². The first kappa shape index (κ1) is 14.7. The van der Waals surface area contributed by atoms with Crippen molar-refractivity contribution in [2.45, 2.75) is 6.54 Å². The Kier molecular flexibility index (Phi) is 3.96. The summed E-state index contributed by atoms with van der Waals surface area (Å²) in [5.41, 5.74) is 0.871. The second-order valence-electron chi connectivity index (χ2n) is 4.65. The molecule has 0 radical (unpaired) electrons. The zero-order valence-corrected chi connectivity index (χ0v) is 12.7. The predicted molar refractivity (Wildman–Crippen MR) is 82.8 cm³/mol. The molecule has 1 aliphatic heterocycles. The molecule has 1 aromatic heterocycles. The monoisotopic (exact) mass is 336 g/mol. The van der Waals surface area contributed by atoms with Crippen molar-refractivity contribution in [3.05, 3.63) is 62.7 Å². The van der Waals surface area contributed by atoms with E-state index in [4.69, 9.17) is 11.6 Å². The van der Waals surface area contributed by atoms with Gasteiger partial charge in [0.25, 0.3) is 5.91 Å². The van der Waals surface area contributed by atoms with E-state index in [9.17, 15) is 14.0 Å². The highest BCUT2D eigenvalue weighted by molar-refractivity contribution is 7.17. The molecule has 1 saturated heterocycles. The maximum Gasteiger partial charge on any atom is 0.329 e. The van der Waals surface area contributed by atoms with Crippen molar-refractivity contribution in [3.63, 3.8) is 0 Å². The Hall–Kier alpha value is -2.18. The molecule has 0 spiro atoms. The number of benzene rings is 1. The summed E-state index contributed by atoms with van der Waals surface area (Å²) in [6, 6.07) is 8.64. The van der Waals surface area contributed by atoms with E-state index < -0.39 is 11.9 Å². The van der Waals surface area contributed by atoms with Gasteiger partial charge in [-0.15, -0.1) is 11.3 Å². The van der Waals surface area contributed by atoms with E-state index in [0.717, 1.165) is 9.78 Å². The van der Waals surface area contributed by atoms with Gasteiger partial charge >= 0.3 is 6.03 Å². The number of urea groups is 1. The van der Waals surface area contributed by atoms with Crippen LogP contribution in [0.25, 0.3) is 6.08 Å². The Morgan fingerprint density at radius 2 is 1.91 bits per heavy atom. The quantitative estimate of drug-likeness (QED) is 0.687. The third-order valence-electron chi connectivity index (χ3n) is 3.10. The van der Waals surface area contributed by atoms with Crippen LogP contribution in [0.5, 0.6) is 0 Å². The maximum absolute atomic E-state index is 12.9. The Balaban J connectivity index is 1.79. The first-order chi connectivity index (χ1) is 10.5. The van der Waals surface area contributed by atoms with Crippen LogP contribution >= 0.6 is 22.9 Å². The van der Waals surface area contributed by atoms with E-state index >= 15 is 0 Å². The van der Waals surface area contributed by atoms with Gasteiger partial charge in [-0.25, -0.2) is 9.18 Å². The first-order valence-corrected chi connectivity index (χ1v) is 7.57. The third-order valence-corrected chi connectivity index (χ3v) is 4.28. The van der Waals surface area contributed by atoms with Crippen molar-refractivity contribution in [1.29, 1.82) is 0 Å². The molecule has 1 aromatic carbocycles. The van der Waals surface area contributed by atoms with Gasteiger partial charge in [0.15, 0.2) is 0 Å². The molecular weight excluding hydrogens is 327 g/mol. The second-order valence-corrected chi connectivity index (χ2v) is 6.39. The molecular formula is C15H10ClFN2O2S. The molecule has 0 aliphatic carbocycles. The lowest BCUT2D eigenvalue weighted by Crippen LogP contribution is -2.30. The fraction of sp³-hybridized carbons (Fsp3) is 0.0667. The van der Waals surface area contributed by atoms with Crippen molar-refractivity contribution in [2.24, 2.45) is 0 Å². The smallest absolute Gasteiger partial charge is 0.303 e. The molecule has 0 saturated carbocycles. The third kappa shape index (κ3) is 3.03. The zero-order chi connectivity index (χ0) is 15.7. The highest BCUT2D eigenvalue weighted by Crippen LogP contribution is 2.25. The first-order valence-electron chi connectivity index (χ1n) is 6.37. The summed E-state index contributed by atoms with van der Waals surface area (Å²) in [5, 5.41) is 2.53. The largest absolute Gasteiger partial charge is 0.329 e. The Morgan fingerprint density at radius 3 is 2.55 bits per heavy atom. The number of rotatable bonds is 3. The van der Waals surface area contributed by atoms with Crippen molar-refractivity contribution in [2.75, 3.05) is 0 Å². The highest BCUT2D eigenvalue weighted by atomic mass is 35.5. The molecule has 2 aromatic rings. The fourth-order valence-corrected chi connectivity index (χ4v) is 3.04. The lowest BCUT2D eigenvalue weighted by molar-refractivity contribution is -0.123. The minimum atomic E-state index is -0.497. The van der Waals surface area contributed by atoms with Crippen LogP contribution in [-0.2, 0) is 11.3 Å². The molecule has 4 nitrogen and oxygen atoms in total. The Labute approximate surface area is 134 Å². The lowest BCUT2D eigenvalue weighted by atomic mass is 10.2. The van der Waals surface area contributed by atoms with Crippen molar-refractivity contribution in [3.8, 4) is 0 Å². The van der Waals surface area contributed by atoms with Gasteiger partial charge in [0.2, 0.25) is 0 Å². The zero-order valence-electron chi connectivity index (χ0n) is 11.2. The molecule has 2 heterocycles. The van der Waals surface area contributed by atoms with Crippen LogP contribution in [0.2, 0.25) is 4.34 Å². The summed E-state index contributed by atoms with van der Waals surface area (Å²) < 4.78 is 13.5. The number of hydrogen-bond donors (Lipinski definition) is 1. The van der Waals surface area contributed by atoms with Gasteiger partial charge in [-0.3, -0.25) is 9.69 Å². The van der Waals surface area contributed by atoms with Crippen LogP contribution in [0.3, 0.4) is 0 Å². The van der Waals surface area contributed by atoms with Crippen molar-refractivity contribution in [1.82, 2.24) is 10.2 Å². The summed E-state index contributed by atoms with van der Waals surface area (Å²) in [7, 11) is 0. The van der Waals surface area contributed by atoms with Gasteiger partial charge in [0.05, 0.1) is 10.9 Å². The van der Waals surface area contributed by atoms with E-state index in [1.54, 1.807) is 18.2 Å². The summed E-state index contributed by atoms with van der Waals surface area (Å²) in [4.78, 5) is 26.0. The van der Waals surface area contributed by atoms with E-state index in [0.29, 0.717) is 9.90 Å². The van der Waals surface area contributed by atoms with E-state index in [-0.39, 0.29) is 18.1 Å². The normalized spacial score (nSPS) is 16.5. The van der Waals surface area contributed by atoms with E-state index in [2.05, 4.69) is 5.32 Å². The van der Waals surface area contributed by atoms with Crippen molar-refractivity contribution >= 4 is 41.0 Å². The molecule has 112 valence electrons. The molecule has 0 bridgehead atoms. The van der Waals surface area contributed by atoms with E-state index in [1.807, 2.05) is 0 Å². The molecule has 1 aliphatic rings.